The van der Waals surface area contributed by atoms with Crippen LogP contribution in [0.15, 0.2) is 0 Å². The van der Waals surface area contributed by atoms with E-state index in [1.807, 2.05) is 0 Å². The molecular formula is C88H172O17P2. The van der Waals surface area contributed by atoms with Crippen molar-refractivity contribution in [3.05, 3.63) is 0 Å². The van der Waals surface area contributed by atoms with Crippen LogP contribution in [0.3, 0.4) is 0 Å². The van der Waals surface area contributed by atoms with Gasteiger partial charge in [-0.25, -0.2) is 9.13 Å². The quantitative estimate of drug-likeness (QED) is 0.0222. The summed E-state index contributed by atoms with van der Waals surface area (Å²) in [7, 11) is -9.93. The van der Waals surface area contributed by atoms with Crippen molar-refractivity contribution in [2.24, 2.45) is 5.92 Å². The molecule has 0 heterocycles. The van der Waals surface area contributed by atoms with Gasteiger partial charge in [0.25, 0.3) is 0 Å². The third-order valence-corrected chi connectivity index (χ3v) is 23.0. The Bertz CT molecular complexity index is 2030. The molecule has 0 spiro atoms. The van der Waals surface area contributed by atoms with Gasteiger partial charge in [-0.05, 0) is 31.6 Å². The number of unbranched alkanes of at least 4 members (excludes halogenated alkanes) is 59. The first-order chi connectivity index (χ1) is 52.1. The van der Waals surface area contributed by atoms with Crippen LogP contribution in [0, 0.1) is 5.92 Å². The van der Waals surface area contributed by atoms with Gasteiger partial charge in [-0.3, -0.25) is 37.3 Å². The molecule has 0 saturated carbocycles. The summed E-state index contributed by atoms with van der Waals surface area (Å²) in [5.74, 6) is -1.37. The zero-order valence-corrected chi connectivity index (χ0v) is 72.1. The predicted molar refractivity (Wildman–Crippen MR) is 442 cm³/mol. The second-order valence-electron chi connectivity index (χ2n) is 31.9. The standard InChI is InChI=1S/C88H172O17P2/c1-6-10-13-16-19-22-25-28-31-33-35-37-39-41-43-45-48-51-54-57-64-69-74-87(92)104-83(77-98-85(90)71-66-61-55-52-49-47-44-42-40-38-36-34-32-29-26-23-20-17-14-11-7-2)79-102-106(94,95)100-75-82(89)76-101-107(96,97)103-80-84(78-99-86(91)72-67-62-59-58-60-65-70-81(5)9-4)105-88(93)73-68-63-56-53-50-46-30-27-24-21-18-15-12-8-3/h81-84,89H,6-80H2,1-5H3,(H,94,95)(H,96,97)/t81?,82-,83-,84-/m1/s1. The minimum atomic E-state index is -4.97. The van der Waals surface area contributed by atoms with E-state index in [4.69, 9.17) is 37.0 Å². The Kier molecular flexibility index (Phi) is 79.2. The van der Waals surface area contributed by atoms with Crippen molar-refractivity contribution in [3.8, 4) is 0 Å². The van der Waals surface area contributed by atoms with Crippen LogP contribution in [0.4, 0.5) is 0 Å². The largest absolute Gasteiger partial charge is 0.472 e. The van der Waals surface area contributed by atoms with Crippen LogP contribution in [-0.2, 0) is 65.4 Å². The second kappa shape index (κ2) is 80.7. The number of carbonyl (C=O) groups is 4. The maximum absolute atomic E-state index is 13.2. The number of aliphatic hydroxyl groups excluding tert-OH is 1. The van der Waals surface area contributed by atoms with Crippen LogP contribution in [0.1, 0.15) is 478 Å². The molecule has 107 heavy (non-hydrogen) atoms. The van der Waals surface area contributed by atoms with Gasteiger partial charge in [-0.2, -0.15) is 0 Å². The van der Waals surface area contributed by atoms with Crippen molar-refractivity contribution in [1.82, 2.24) is 0 Å². The molecule has 0 saturated heterocycles. The van der Waals surface area contributed by atoms with E-state index in [0.717, 1.165) is 102 Å². The Labute approximate surface area is 658 Å². The first-order valence-electron chi connectivity index (χ1n) is 45.7. The topological polar surface area (TPSA) is 237 Å². The van der Waals surface area contributed by atoms with Gasteiger partial charge in [0.1, 0.15) is 19.3 Å². The summed E-state index contributed by atoms with van der Waals surface area (Å²) in [6.45, 7) is 7.33. The molecule has 0 aromatic heterocycles. The summed E-state index contributed by atoms with van der Waals surface area (Å²) in [5.41, 5.74) is 0. The van der Waals surface area contributed by atoms with Crippen LogP contribution >= 0.6 is 15.6 Å². The van der Waals surface area contributed by atoms with E-state index >= 15 is 0 Å². The van der Waals surface area contributed by atoms with Crippen LogP contribution < -0.4 is 0 Å². The minimum absolute atomic E-state index is 0.108. The highest BCUT2D eigenvalue weighted by Gasteiger charge is 2.30. The molecule has 0 amide bonds. The van der Waals surface area contributed by atoms with Gasteiger partial charge in [0, 0.05) is 25.7 Å². The molecule has 0 radical (unpaired) electrons. The van der Waals surface area contributed by atoms with Gasteiger partial charge in [-0.15, -0.1) is 0 Å². The monoisotopic (exact) mass is 1560 g/mol. The number of aliphatic hydroxyl groups is 1. The number of hydrogen-bond acceptors (Lipinski definition) is 15. The summed E-state index contributed by atoms with van der Waals surface area (Å²) in [6.07, 6.45) is 75.2. The van der Waals surface area contributed by atoms with Crippen LogP contribution in [0.25, 0.3) is 0 Å². The second-order valence-corrected chi connectivity index (χ2v) is 34.8. The summed E-state index contributed by atoms with van der Waals surface area (Å²) in [5, 5.41) is 10.7. The molecule has 3 unspecified atom stereocenters. The van der Waals surface area contributed by atoms with Crippen molar-refractivity contribution >= 4 is 39.5 Å². The number of phosphoric acid groups is 2. The molecule has 6 atom stereocenters. The normalized spacial score (nSPS) is 14.0. The molecule has 0 aromatic carbocycles. The summed E-state index contributed by atoms with van der Waals surface area (Å²) in [6, 6.07) is 0. The fraction of sp³-hybridized carbons (Fsp3) is 0.955. The molecule has 0 rings (SSSR count). The molecule has 0 fully saturated rings. The van der Waals surface area contributed by atoms with Gasteiger partial charge in [0.05, 0.1) is 26.4 Å². The third kappa shape index (κ3) is 80.5. The fourth-order valence-electron chi connectivity index (χ4n) is 13.8. The van der Waals surface area contributed by atoms with E-state index < -0.39 is 97.5 Å². The Morgan fingerprint density at radius 2 is 0.449 bits per heavy atom. The van der Waals surface area contributed by atoms with Crippen LogP contribution in [0.5, 0.6) is 0 Å². The van der Waals surface area contributed by atoms with Crippen LogP contribution in [-0.4, -0.2) is 96.7 Å². The van der Waals surface area contributed by atoms with Crippen molar-refractivity contribution in [3.63, 3.8) is 0 Å². The van der Waals surface area contributed by atoms with E-state index in [-0.39, 0.29) is 25.7 Å². The lowest BCUT2D eigenvalue weighted by atomic mass is 10.00. The number of esters is 4. The smallest absolute Gasteiger partial charge is 0.462 e. The summed E-state index contributed by atoms with van der Waals surface area (Å²) >= 11 is 0. The predicted octanol–water partition coefficient (Wildman–Crippen LogP) is 27.2. The average molecular weight is 1560 g/mol. The summed E-state index contributed by atoms with van der Waals surface area (Å²) in [4.78, 5) is 73.2. The lowest BCUT2D eigenvalue weighted by molar-refractivity contribution is -0.161. The van der Waals surface area contributed by atoms with Gasteiger partial charge in [0.15, 0.2) is 12.2 Å². The summed E-state index contributed by atoms with van der Waals surface area (Å²) < 4.78 is 68.9. The highest BCUT2D eigenvalue weighted by atomic mass is 31.2. The fourth-order valence-corrected chi connectivity index (χ4v) is 15.4. The molecular weight excluding hydrogens is 1390 g/mol. The SMILES string of the molecule is CCCCCCCCCCCCCCCCCCCCCCCCC(=O)O[C@H](COC(=O)CCCCCCCCCCCCCCCCCCCCCCC)COP(=O)(O)OC[C@@H](O)COP(=O)(O)OC[C@@H](COC(=O)CCCCCCCCC(C)CC)OC(=O)CCCCCCCCCCCCCCCC. The maximum atomic E-state index is 13.2. The Hall–Kier alpha value is -1.94. The molecule has 0 aliphatic rings. The highest BCUT2D eigenvalue weighted by Crippen LogP contribution is 2.45. The van der Waals surface area contributed by atoms with Crippen molar-refractivity contribution < 1.29 is 80.2 Å². The van der Waals surface area contributed by atoms with E-state index in [1.165, 1.54) is 295 Å². The zero-order valence-electron chi connectivity index (χ0n) is 70.3. The first-order valence-corrected chi connectivity index (χ1v) is 48.7. The molecule has 0 bridgehead atoms. The third-order valence-electron chi connectivity index (χ3n) is 21.1. The molecule has 17 nitrogen and oxygen atoms in total. The first kappa shape index (κ1) is 105. The van der Waals surface area contributed by atoms with Gasteiger partial charge < -0.3 is 33.8 Å². The minimum Gasteiger partial charge on any atom is -0.462 e. The van der Waals surface area contributed by atoms with Crippen molar-refractivity contribution in [2.45, 2.75) is 496 Å². The van der Waals surface area contributed by atoms with E-state index in [9.17, 15) is 43.2 Å². The van der Waals surface area contributed by atoms with E-state index in [0.29, 0.717) is 25.7 Å². The van der Waals surface area contributed by atoms with E-state index in [2.05, 4.69) is 34.6 Å². The maximum Gasteiger partial charge on any atom is 0.472 e. The number of rotatable bonds is 88. The molecule has 19 heteroatoms. The Morgan fingerprint density at radius 3 is 0.664 bits per heavy atom. The van der Waals surface area contributed by atoms with Gasteiger partial charge >= 0.3 is 39.5 Å². The number of ether oxygens (including phenoxy) is 4. The molecule has 0 aromatic rings. The van der Waals surface area contributed by atoms with Crippen molar-refractivity contribution in [1.29, 1.82) is 0 Å². The number of carbonyl (C=O) groups excluding carboxylic acids is 4. The highest BCUT2D eigenvalue weighted by molar-refractivity contribution is 7.47. The van der Waals surface area contributed by atoms with Gasteiger partial charge in [0.2, 0.25) is 0 Å². The zero-order chi connectivity index (χ0) is 78.3. The lowest BCUT2D eigenvalue weighted by Crippen LogP contribution is -2.30. The lowest BCUT2D eigenvalue weighted by Gasteiger charge is -2.21. The Balaban J connectivity index is 5.20. The molecule has 0 aliphatic heterocycles. The Morgan fingerprint density at radius 1 is 0.262 bits per heavy atom. The van der Waals surface area contributed by atoms with Gasteiger partial charge in [-0.1, -0.05) is 426 Å². The molecule has 3 N–H and O–H groups in total. The van der Waals surface area contributed by atoms with E-state index in [1.54, 1.807) is 0 Å². The average Bonchev–Trinajstić information content (AvgIpc) is 0.901. The number of phosphoric ester groups is 2. The molecule has 0 aliphatic carbocycles. The van der Waals surface area contributed by atoms with Crippen molar-refractivity contribution in [2.75, 3.05) is 39.6 Å². The molecule has 636 valence electrons. The van der Waals surface area contributed by atoms with Crippen LogP contribution in [0.2, 0.25) is 0 Å². The number of hydrogen-bond donors (Lipinski definition) is 3.